The summed E-state index contributed by atoms with van der Waals surface area (Å²) in [6.45, 7) is 19.8. The molecule has 0 saturated heterocycles. The topological polar surface area (TPSA) is 146 Å². The predicted molar refractivity (Wildman–Crippen MR) is 233 cm³/mol. The van der Waals surface area contributed by atoms with Crippen molar-refractivity contribution in [3.8, 4) is 0 Å². The van der Waals surface area contributed by atoms with E-state index in [-0.39, 0.29) is 56.3 Å². The first kappa shape index (κ1) is 51.8. The minimum atomic E-state index is -0.790. The zero-order valence-corrected chi connectivity index (χ0v) is 38.2. The van der Waals surface area contributed by atoms with Crippen LogP contribution in [0.25, 0.3) is 0 Å². The summed E-state index contributed by atoms with van der Waals surface area (Å²) < 4.78 is 12.1. The van der Waals surface area contributed by atoms with Crippen LogP contribution in [0.15, 0.2) is 30.3 Å². The highest BCUT2D eigenvalue weighted by molar-refractivity contribution is 5.93. The zero-order chi connectivity index (χ0) is 43.8. The molecule has 12 heteroatoms. The second kappa shape index (κ2) is 24.7. The van der Waals surface area contributed by atoms with Crippen molar-refractivity contribution in [1.82, 2.24) is 25.8 Å². The van der Waals surface area contributed by atoms with Gasteiger partial charge in [0, 0.05) is 41.9 Å². The van der Waals surface area contributed by atoms with Crippen LogP contribution in [0.2, 0.25) is 0 Å². The Labute approximate surface area is 348 Å². The van der Waals surface area contributed by atoms with Gasteiger partial charge in [0.2, 0.25) is 17.7 Å². The molecule has 0 fully saturated rings. The SMILES string of the molecule is CC[C@H](C)C([C@@H](CC(=O)C(CCCNC)[C@H](OC)[C@@H](C)C(=O)N[C@@H](Cc1ccccc1)C(=O)C(C)(C)C)OC)N(C)C(=O)C(NC(=O)C(C(C)C)N(C)C)C(C)C.[HH].[HH]. The fourth-order valence-corrected chi connectivity index (χ4v) is 7.94. The van der Waals surface area contributed by atoms with E-state index in [0.29, 0.717) is 32.2 Å². The normalized spacial score (nSPS) is 16.9. The maximum atomic E-state index is 14.6. The van der Waals surface area contributed by atoms with Crippen molar-refractivity contribution >= 4 is 29.3 Å². The van der Waals surface area contributed by atoms with Crippen LogP contribution in [-0.2, 0) is 39.9 Å². The van der Waals surface area contributed by atoms with Gasteiger partial charge in [-0.05, 0) is 70.3 Å². The van der Waals surface area contributed by atoms with E-state index in [2.05, 4.69) is 16.0 Å². The van der Waals surface area contributed by atoms with Crippen LogP contribution >= 0.6 is 0 Å². The number of nitrogens with one attached hydrogen (secondary N) is 3. The Morgan fingerprint density at radius 2 is 1.44 bits per heavy atom. The number of nitrogens with zero attached hydrogens (tertiary/aromatic N) is 2. The molecule has 57 heavy (non-hydrogen) atoms. The number of amides is 3. The smallest absolute Gasteiger partial charge is 0.245 e. The average Bonchev–Trinajstić information content (AvgIpc) is 3.14. The summed E-state index contributed by atoms with van der Waals surface area (Å²) in [7, 11) is 10.3. The lowest BCUT2D eigenvalue weighted by atomic mass is 9.80. The largest absolute Gasteiger partial charge is 0.380 e. The Kier molecular flexibility index (Phi) is 22.4. The molecule has 1 aromatic carbocycles. The van der Waals surface area contributed by atoms with Crippen molar-refractivity contribution in [2.75, 3.05) is 49.0 Å². The first-order valence-electron chi connectivity index (χ1n) is 20.9. The average molecular weight is 806 g/mol. The van der Waals surface area contributed by atoms with Crippen molar-refractivity contribution in [3.05, 3.63) is 35.9 Å². The van der Waals surface area contributed by atoms with Gasteiger partial charge in [-0.2, -0.15) is 0 Å². The second-order valence-corrected chi connectivity index (χ2v) is 17.9. The molecule has 12 nitrogen and oxygen atoms in total. The fourth-order valence-electron chi connectivity index (χ4n) is 7.94. The monoisotopic (exact) mass is 806 g/mol. The standard InChI is InChI=1S/C45H79N5O7.2H2/c1-17-30(6)39(50(14)44(55)37(28(2)3)48-43(54)38(29(4)5)49(12)13)36(56-15)27-35(51)33(24-21-25-46-11)40(57-16)31(7)42(53)47-34(41(52)45(8,9)10)26-32-22-19-18-20-23-32;;/h18-20,22-23,28-31,33-34,36-40,46H,17,21,24-27H2,1-16H3,(H,47,53)(H,48,54);2*1H/t30-,31+,33?,34-,36+,37?,38?,39?,40+;;/m0../s1. The molecule has 4 unspecified atom stereocenters. The molecule has 0 aromatic heterocycles. The van der Waals surface area contributed by atoms with E-state index in [4.69, 9.17) is 9.47 Å². The van der Waals surface area contributed by atoms with Gasteiger partial charge in [0.05, 0.1) is 36.3 Å². The Morgan fingerprint density at radius 3 is 1.89 bits per heavy atom. The third-order valence-electron chi connectivity index (χ3n) is 11.4. The molecule has 0 bridgehead atoms. The number of hydrogen-bond acceptors (Lipinski definition) is 9. The van der Waals surface area contributed by atoms with Crippen molar-refractivity contribution in [2.45, 2.75) is 138 Å². The van der Waals surface area contributed by atoms with Crippen LogP contribution in [0.3, 0.4) is 0 Å². The van der Waals surface area contributed by atoms with Gasteiger partial charge in [0.25, 0.3) is 0 Å². The van der Waals surface area contributed by atoms with Gasteiger partial charge in [0.15, 0.2) is 5.78 Å². The first-order valence-corrected chi connectivity index (χ1v) is 20.9. The van der Waals surface area contributed by atoms with E-state index < -0.39 is 53.6 Å². The highest BCUT2D eigenvalue weighted by atomic mass is 16.5. The van der Waals surface area contributed by atoms with Crippen LogP contribution in [-0.4, -0.2) is 124 Å². The van der Waals surface area contributed by atoms with Gasteiger partial charge in [-0.25, -0.2) is 0 Å². The van der Waals surface area contributed by atoms with Crippen LogP contribution in [0.1, 0.15) is 103 Å². The number of carbonyl (C=O) groups excluding carboxylic acids is 5. The molecule has 9 atom stereocenters. The predicted octanol–water partition coefficient (Wildman–Crippen LogP) is 5.66. The minimum Gasteiger partial charge on any atom is -0.380 e. The first-order chi connectivity index (χ1) is 26.6. The third-order valence-corrected chi connectivity index (χ3v) is 11.4. The van der Waals surface area contributed by atoms with Gasteiger partial charge in [-0.3, -0.25) is 28.9 Å². The Morgan fingerprint density at radius 1 is 0.842 bits per heavy atom. The molecule has 1 rings (SSSR count). The van der Waals surface area contributed by atoms with Gasteiger partial charge in [-0.15, -0.1) is 0 Å². The Hall–Kier alpha value is -3.19. The highest BCUT2D eigenvalue weighted by Crippen LogP contribution is 2.29. The minimum absolute atomic E-state index is 0. The molecule has 0 aliphatic heterocycles. The number of likely N-dealkylation sites (N-methyl/N-ethyl adjacent to an activating group) is 2. The van der Waals surface area contributed by atoms with Crippen molar-refractivity contribution in [1.29, 1.82) is 0 Å². The van der Waals surface area contributed by atoms with Crippen molar-refractivity contribution in [2.24, 2.45) is 35.0 Å². The lowest BCUT2D eigenvalue weighted by Crippen LogP contribution is -2.59. The van der Waals surface area contributed by atoms with Crippen LogP contribution in [0.5, 0.6) is 0 Å². The second-order valence-electron chi connectivity index (χ2n) is 17.9. The summed E-state index contributed by atoms with van der Waals surface area (Å²) in [4.78, 5) is 73.7. The third kappa shape index (κ3) is 15.5. The number of carbonyl (C=O) groups is 5. The van der Waals surface area contributed by atoms with E-state index in [1.54, 1.807) is 26.0 Å². The molecule has 0 saturated carbocycles. The van der Waals surface area contributed by atoms with Gasteiger partial charge in [0.1, 0.15) is 11.8 Å². The summed E-state index contributed by atoms with van der Waals surface area (Å²) in [5.74, 6) is -2.72. The van der Waals surface area contributed by atoms with Crippen molar-refractivity contribution < 1.29 is 36.3 Å². The summed E-state index contributed by atoms with van der Waals surface area (Å²) >= 11 is 0. The molecule has 3 N–H and O–H groups in total. The molecule has 330 valence electrons. The summed E-state index contributed by atoms with van der Waals surface area (Å²) in [6, 6.07) is 7.13. The molecular weight excluding hydrogens is 723 g/mol. The van der Waals surface area contributed by atoms with E-state index in [1.165, 1.54) is 7.11 Å². The number of ether oxygens (including phenoxy) is 2. The Balaban J connectivity index is 0. The summed E-state index contributed by atoms with van der Waals surface area (Å²) in [5, 5.41) is 9.22. The maximum Gasteiger partial charge on any atom is 0.245 e. The number of hydrogen-bond donors (Lipinski definition) is 3. The van der Waals surface area contributed by atoms with E-state index >= 15 is 0 Å². The molecule has 1 aromatic rings. The lowest BCUT2D eigenvalue weighted by Gasteiger charge is -2.41. The fraction of sp³-hybridized carbons (Fsp3) is 0.756. The Bertz CT molecular complexity index is 1400. The number of methoxy groups -OCH3 is 2. The number of Topliss-reactive ketones (excluding diaryl/α,β-unsaturated/α-hetero) is 2. The van der Waals surface area contributed by atoms with Crippen LogP contribution in [0, 0.1) is 35.0 Å². The maximum absolute atomic E-state index is 14.6. The van der Waals surface area contributed by atoms with Crippen LogP contribution < -0.4 is 16.0 Å². The molecule has 3 amide bonds. The van der Waals surface area contributed by atoms with Crippen molar-refractivity contribution in [3.63, 3.8) is 0 Å². The quantitative estimate of drug-likeness (QED) is 0.101. The number of ketones is 2. The highest BCUT2D eigenvalue weighted by Gasteiger charge is 2.42. The number of rotatable bonds is 26. The van der Waals surface area contributed by atoms with E-state index in [0.717, 1.165) is 5.56 Å². The molecule has 0 aliphatic rings. The molecule has 0 aliphatic carbocycles. The summed E-state index contributed by atoms with van der Waals surface area (Å²) in [6.07, 6.45) is 0.677. The lowest BCUT2D eigenvalue weighted by molar-refractivity contribution is -0.146. The van der Waals surface area contributed by atoms with Crippen LogP contribution in [0.4, 0.5) is 0 Å². The molecular formula is C45H83N5O7. The van der Waals surface area contributed by atoms with Gasteiger partial charge < -0.3 is 30.3 Å². The zero-order valence-electron chi connectivity index (χ0n) is 38.2. The summed E-state index contributed by atoms with van der Waals surface area (Å²) in [5.41, 5.74) is 0.235. The van der Waals surface area contributed by atoms with Gasteiger partial charge >= 0.3 is 0 Å². The molecule has 0 radical (unpaired) electrons. The number of benzene rings is 1. The molecule has 0 heterocycles. The molecule has 0 spiro atoms. The van der Waals surface area contributed by atoms with E-state index in [1.807, 2.05) is 119 Å². The van der Waals surface area contributed by atoms with E-state index in [9.17, 15) is 24.0 Å². The van der Waals surface area contributed by atoms with Gasteiger partial charge in [-0.1, -0.05) is 106 Å².